The van der Waals surface area contributed by atoms with Crippen LogP contribution in [0, 0.1) is 0 Å². The first-order chi connectivity index (χ1) is 5.36. The summed E-state index contributed by atoms with van der Waals surface area (Å²) in [5.74, 6) is 0.209. The third kappa shape index (κ3) is 1.11. The monoisotopic (exact) mass is 147 g/mol. The fraction of sp³-hybridized carbons (Fsp3) is 0.222. The van der Waals surface area contributed by atoms with Crippen molar-refractivity contribution in [2.24, 2.45) is 0 Å². The van der Waals surface area contributed by atoms with Gasteiger partial charge >= 0.3 is 0 Å². The highest BCUT2D eigenvalue weighted by Crippen LogP contribution is 2.20. The average molecular weight is 147 g/mol. The molecule has 1 heterocycles. The van der Waals surface area contributed by atoms with Crippen molar-refractivity contribution in [3.05, 3.63) is 35.7 Å². The van der Waals surface area contributed by atoms with Gasteiger partial charge in [-0.25, -0.2) is 0 Å². The van der Waals surface area contributed by atoms with Crippen LogP contribution in [0.1, 0.15) is 12.8 Å². The molecule has 0 aromatic heterocycles. The third-order valence-electron chi connectivity index (χ3n) is 1.93. The maximum atomic E-state index is 10.9. The van der Waals surface area contributed by atoms with Crippen LogP contribution in [0.2, 0.25) is 0 Å². The molecule has 0 radical (unpaired) electrons. The Hall–Kier alpha value is -1.31. The normalized spacial score (nSPS) is 21.6. The maximum Gasteiger partial charge on any atom is 0.159 e. The lowest BCUT2D eigenvalue weighted by Gasteiger charge is -2.17. The van der Waals surface area contributed by atoms with E-state index < -0.39 is 0 Å². The fourth-order valence-electron chi connectivity index (χ4n) is 1.34. The number of dihydropyridines is 1. The summed E-state index contributed by atoms with van der Waals surface area (Å²) in [6.07, 6.45) is 8.93. The van der Waals surface area contributed by atoms with E-state index in [1.165, 1.54) is 5.57 Å². The van der Waals surface area contributed by atoms with Crippen LogP contribution in [0.25, 0.3) is 0 Å². The molecule has 0 aromatic rings. The number of allylic oxidation sites excluding steroid dienone is 4. The topological polar surface area (TPSA) is 29.1 Å². The number of carbonyl (C=O) groups is 1. The lowest BCUT2D eigenvalue weighted by atomic mass is 9.97. The molecule has 11 heavy (non-hydrogen) atoms. The van der Waals surface area contributed by atoms with Crippen LogP contribution < -0.4 is 5.32 Å². The minimum atomic E-state index is 0.209. The Labute approximate surface area is 65.3 Å². The number of hydrogen-bond donors (Lipinski definition) is 1. The van der Waals surface area contributed by atoms with Gasteiger partial charge < -0.3 is 5.32 Å². The molecule has 0 saturated heterocycles. The van der Waals surface area contributed by atoms with Crippen LogP contribution in [0.4, 0.5) is 0 Å². The molecule has 0 saturated carbocycles. The van der Waals surface area contributed by atoms with Crippen LogP contribution >= 0.6 is 0 Å². The van der Waals surface area contributed by atoms with Crippen molar-refractivity contribution in [3.8, 4) is 0 Å². The summed E-state index contributed by atoms with van der Waals surface area (Å²) in [5, 5.41) is 3.10. The summed E-state index contributed by atoms with van der Waals surface area (Å²) >= 11 is 0. The van der Waals surface area contributed by atoms with Gasteiger partial charge in [0.05, 0.1) is 0 Å². The molecule has 0 atom stereocenters. The molecule has 0 bridgehead atoms. The second-order valence-electron chi connectivity index (χ2n) is 2.74. The predicted molar refractivity (Wildman–Crippen MR) is 42.7 cm³/mol. The standard InChI is InChI=1S/C9H9NO/c11-8-3-4-9-7(6-8)2-1-5-10-9/h1,3-5,10H,2,6H2. The first-order valence-corrected chi connectivity index (χ1v) is 3.71. The van der Waals surface area contributed by atoms with Crippen molar-refractivity contribution < 1.29 is 4.79 Å². The SMILES string of the molecule is O=C1C=CC2=C(CC=CN2)C1. The minimum Gasteiger partial charge on any atom is -0.362 e. The van der Waals surface area contributed by atoms with Crippen molar-refractivity contribution in [2.45, 2.75) is 12.8 Å². The quantitative estimate of drug-likeness (QED) is 0.559. The number of rotatable bonds is 0. The van der Waals surface area contributed by atoms with Crippen molar-refractivity contribution in [2.75, 3.05) is 0 Å². The van der Waals surface area contributed by atoms with Crippen LogP contribution in [0.5, 0.6) is 0 Å². The van der Waals surface area contributed by atoms with Crippen molar-refractivity contribution >= 4 is 5.78 Å². The van der Waals surface area contributed by atoms with E-state index in [1.54, 1.807) is 6.08 Å². The van der Waals surface area contributed by atoms with Crippen LogP contribution in [-0.2, 0) is 4.79 Å². The van der Waals surface area contributed by atoms with Crippen molar-refractivity contribution in [1.82, 2.24) is 5.32 Å². The molecule has 2 rings (SSSR count). The van der Waals surface area contributed by atoms with Gasteiger partial charge in [-0.05, 0) is 30.3 Å². The smallest absolute Gasteiger partial charge is 0.159 e. The molecule has 1 N–H and O–H groups in total. The molecule has 0 aromatic carbocycles. The van der Waals surface area contributed by atoms with E-state index in [4.69, 9.17) is 0 Å². The fourth-order valence-corrected chi connectivity index (χ4v) is 1.34. The highest BCUT2D eigenvalue weighted by atomic mass is 16.1. The first-order valence-electron chi connectivity index (χ1n) is 3.71. The lowest BCUT2D eigenvalue weighted by molar-refractivity contribution is -0.114. The van der Waals surface area contributed by atoms with Crippen molar-refractivity contribution in [1.29, 1.82) is 0 Å². The highest BCUT2D eigenvalue weighted by Gasteiger charge is 2.13. The third-order valence-corrected chi connectivity index (χ3v) is 1.93. The molecular formula is C9H9NO. The minimum absolute atomic E-state index is 0.209. The summed E-state index contributed by atoms with van der Waals surface area (Å²) in [4.78, 5) is 10.9. The summed E-state index contributed by atoms with van der Waals surface area (Å²) in [7, 11) is 0. The molecule has 0 spiro atoms. The van der Waals surface area contributed by atoms with Crippen LogP contribution in [-0.4, -0.2) is 5.78 Å². The van der Waals surface area contributed by atoms with Gasteiger partial charge in [-0.15, -0.1) is 0 Å². The Balaban J connectivity index is 2.28. The van der Waals surface area contributed by atoms with Gasteiger partial charge in [0.1, 0.15) is 0 Å². The summed E-state index contributed by atoms with van der Waals surface area (Å²) < 4.78 is 0. The van der Waals surface area contributed by atoms with Gasteiger partial charge in [-0.3, -0.25) is 4.79 Å². The molecule has 0 fully saturated rings. The molecule has 0 amide bonds. The van der Waals surface area contributed by atoms with E-state index in [2.05, 4.69) is 5.32 Å². The van der Waals surface area contributed by atoms with Gasteiger partial charge in [-0.2, -0.15) is 0 Å². The van der Waals surface area contributed by atoms with Gasteiger partial charge in [-0.1, -0.05) is 6.08 Å². The maximum absolute atomic E-state index is 10.9. The second kappa shape index (κ2) is 2.38. The molecule has 1 aliphatic heterocycles. The van der Waals surface area contributed by atoms with E-state index in [-0.39, 0.29) is 5.78 Å². The zero-order valence-corrected chi connectivity index (χ0v) is 6.13. The number of hydrogen-bond acceptors (Lipinski definition) is 2. The van der Waals surface area contributed by atoms with Crippen LogP contribution in [0.3, 0.4) is 0 Å². The van der Waals surface area contributed by atoms with E-state index in [1.807, 2.05) is 18.4 Å². The molecule has 1 aliphatic carbocycles. The van der Waals surface area contributed by atoms with Gasteiger partial charge in [0.2, 0.25) is 0 Å². The number of carbonyl (C=O) groups excluding carboxylic acids is 1. The number of nitrogens with one attached hydrogen (secondary N) is 1. The zero-order chi connectivity index (χ0) is 7.68. The van der Waals surface area contributed by atoms with Crippen LogP contribution in [0.15, 0.2) is 35.7 Å². The largest absolute Gasteiger partial charge is 0.362 e. The molecule has 56 valence electrons. The second-order valence-corrected chi connectivity index (χ2v) is 2.74. The van der Waals surface area contributed by atoms with E-state index in [0.29, 0.717) is 6.42 Å². The molecular weight excluding hydrogens is 138 g/mol. The van der Waals surface area contributed by atoms with Gasteiger partial charge in [0, 0.05) is 12.1 Å². The zero-order valence-electron chi connectivity index (χ0n) is 6.13. The predicted octanol–water partition coefficient (Wildman–Crippen LogP) is 1.28. The van der Waals surface area contributed by atoms with Crippen molar-refractivity contribution in [3.63, 3.8) is 0 Å². The van der Waals surface area contributed by atoms with E-state index in [9.17, 15) is 4.79 Å². The molecule has 2 nitrogen and oxygen atoms in total. The first kappa shape index (κ1) is 6.40. The van der Waals surface area contributed by atoms with Gasteiger partial charge in [0.25, 0.3) is 0 Å². The lowest BCUT2D eigenvalue weighted by Crippen LogP contribution is -2.15. The average Bonchev–Trinajstić information content (AvgIpc) is 2.04. The number of ketones is 1. The highest BCUT2D eigenvalue weighted by molar-refractivity contribution is 5.93. The Kier molecular flexibility index (Phi) is 1.39. The Morgan fingerprint density at radius 1 is 1.36 bits per heavy atom. The van der Waals surface area contributed by atoms with E-state index in [0.717, 1.165) is 12.1 Å². The Morgan fingerprint density at radius 3 is 3.18 bits per heavy atom. The van der Waals surface area contributed by atoms with Gasteiger partial charge in [0.15, 0.2) is 5.78 Å². The Bertz CT molecular complexity index is 284. The summed E-state index contributed by atoms with van der Waals surface area (Å²) in [5.41, 5.74) is 2.31. The molecule has 2 aliphatic rings. The Morgan fingerprint density at radius 2 is 2.27 bits per heavy atom. The molecule has 2 heteroatoms. The summed E-state index contributed by atoms with van der Waals surface area (Å²) in [6, 6.07) is 0. The molecule has 0 unspecified atom stereocenters. The van der Waals surface area contributed by atoms with E-state index >= 15 is 0 Å². The summed E-state index contributed by atoms with van der Waals surface area (Å²) in [6.45, 7) is 0.